The van der Waals surface area contributed by atoms with Crippen molar-refractivity contribution in [3.8, 4) is 0 Å². The molecule has 3 rings (SSSR count). The zero-order chi connectivity index (χ0) is 22.6. The number of rotatable bonds is 7. The second-order valence-electron chi connectivity index (χ2n) is 6.89. The van der Waals surface area contributed by atoms with E-state index in [-0.39, 0.29) is 17.1 Å². The van der Waals surface area contributed by atoms with Crippen molar-refractivity contribution in [1.82, 2.24) is 4.31 Å². The predicted molar refractivity (Wildman–Crippen MR) is 115 cm³/mol. The van der Waals surface area contributed by atoms with Gasteiger partial charge in [0.05, 0.1) is 17.1 Å². The van der Waals surface area contributed by atoms with Gasteiger partial charge in [0.25, 0.3) is 0 Å². The summed E-state index contributed by atoms with van der Waals surface area (Å²) >= 11 is 5.85. The minimum Gasteiger partial charge on any atom is -0.322 e. The highest BCUT2D eigenvalue weighted by Gasteiger charge is 2.27. The standard InChI is InChI=1S/C22H19ClF2N2O3S/c1-15-3-2-4-16(11-15)13-27(31(29,30)19-8-5-17(23)6-9-19)14-22(28)26-21-12-18(24)7-10-20(21)25/h2-12H,13-14H2,1H3,(H,26,28). The number of carbonyl (C=O) groups is 1. The largest absolute Gasteiger partial charge is 0.322 e. The Labute approximate surface area is 184 Å². The van der Waals surface area contributed by atoms with Gasteiger partial charge in [-0.25, -0.2) is 17.2 Å². The van der Waals surface area contributed by atoms with Crippen molar-refractivity contribution in [1.29, 1.82) is 0 Å². The predicted octanol–water partition coefficient (Wildman–Crippen LogP) is 4.76. The molecule has 0 atom stereocenters. The molecule has 0 aliphatic carbocycles. The summed E-state index contributed by atoms with van der Waals surface area (Å²) in [5.74, 6) is -2.38. The first-order chi connectivity index (χ1) is 14.6. The summed E-state index contributed by atoms with van der Waals surface area (Å²) in [5, 5.41) is 2.59. The lowest BCUT2D eigenvalue weighted by Crippen LogP contribution is -2.37. The van der Waals surface area contributed by atoms with Gasteiger partial charge < -0.3 is 5.32 Å². The first-order valence-corrected chi connectivity index (χ1v) is 11.0. The Bertz CT molecular complexity index is 1200. The Hall–Kier alpha value is -2.81. The van der Waals surface area contributed by atoms with Crippen molar-refractivity contribution in [2.24, 2.45) is 0 Å². The Balaban J connectivity index is 1.90. The Morgan fingerprint density at radius 2 is 1.74 bits per heavy atom. The Morgan fingerprint density at radius 1 is 1.03 bits per heavy atom. The van der Waals surface area contributed by atoms with Crippen molar-refractivity contribution < 1.29 is 22.0 Å². The van der Waals surface area contributed by atoms with E-state index in [4.69, 9.17) is 11.6 Å². The van der Waals surface area contributed by atoms with Gasteiger partial charge in [-0.05, 0) is 48.9 Å². The fourth-order valence-corrected chi connectivity index (χ4v) is 4.45. The summed E-state index contributed by atoms with van der Waals surface area (Å²) in [5.41, 5.74) is 1.22. The molecule has 0 heterocycles. The third-order valence-corrected chi connectivity index (χ3v) is 6.47. The highest BCUT2D eigenvalue weighted by molar-refractivity contribution is 7.89. The molecule has 162 valence electrons. The summed E-state index contributed by atoms with van der Waals surface area (Å²) < 4.78 is 54.7. The maximum atomic E-state index is 13.9. The molecular weight excluding hydrogens is 446 g/mol. The molecule has 0 bridgehead atoms. The highest BCUT2D eigenvalue weighted by Crippen LogP contribution is 2.22. The van der Waals surface area contributed by atoms with E-state index in [0.29, 0.717) is 10.6 Å². The van der Waals surface area contributed by atoms with E-state index in [1.165, 1.54) is 24.3 Å². The molecule has 1 N–H and O–H groups in total. The maximum absolute atomic E-state index is 13.9. The molecular formula is C22H19ClF2N2O3S. The van der Waals surface area contributed by atoms with Gasteiger partial charge in [-0.3, -0.25) is 4.79 Å². The number of anilines is 1. The minimum atomic E-state index is -4.09. The number of carbonyl (C=O) groups excluding carboxylic acids is 1. The van der Waals surface area contributed by atoms with Crippen LogP contribution >= 0.6 is 11.6 Å². The number of halogens is 3. The second kappa shape index (κ2) is 9.55. The molecule has 0 saturated heterocycles. The average Bonchev–Trinajstić information content (AvgIpc) is 2.70. The van der Waals surface area contributed by atoms with Crippen LogP contribution in [0.3, 0.4) is 0 Å². The summed E-state index contributed by atoms with van der Waals surface area (Å²) in [4.78, 5) is 12.5. The van der Waals surface area contributed by atoms with Gasteiger partial charge in [-0.15, -0.1) is 0 Å². The number of hydrogen-bond acceptors (Lipinski definition) is 3. The van der Waals surface area contributed by atoms with Crippen LogP contribution in [0, 0.1) is 18.6 Å². The van der Waals surface area contributed by atoms with Crippen LogP contribution in [0.25, 0.3) is 0 Å². The molecule has 0 radical (unpaired) electrons. The first-order valence-electron chi connectivity index (χ1n) is 9.21. The van der Waals surface area contributed by atoms with E-state index in [1.54, 1.807) is 18.2 Å². The van der Waals surface area contributed by atoms with Crippen molar-refractivity contribution >= 4 is 33.2 Å². The van der Waals surface area contributed by atoms with Crippen LogP contribution in [0.1, 0.15) is 11.1 Å². The third-order valence-electron chi connectivity index (χ3n) is 4.42. The minimum absolute atomic E-state index is 0.0470. The Morgan fingerprint density at radius 3 is 2.42 bits per heavy atom. The number of hydrogen-bond donors (Lipinski definition) is 1. The van der Waals surface area contributed by atoms with Crippen LogP contribution in [-0.4, -0.2) is 25.2 Å². The van der Waals surface area contributed by atoms with E-state index >= 15 is 0 Å². The van der Waals surface area contributed by atoms with E-state index in [1.807, 2.05) is 13.0 Å². The van der Waals surface area contributed by atoms with Crippen LogP contribution in [0.15, 0.2) is 71.6 Å². The van der Waals surface area contributed by atoms with Crippen LogP contribution in [0.2, 0.25) is 5.02 Å². The zero-order valence-corrected chi connectivity index (χ0v) is 18.1. The van der Waals surface area contributed by atoms with Crippen LogP contribution in [0.4, 0.5) is 14.5 Å². The van der Waals surface area contributed by atoms with Gasteiger partial charge >= 0.3 is 0 Å². The summed E-state index contributed by atoms with van der Waals surface area (Å²) in [7, 11) is -4.09. The molecule has 1 amide bonds. The molecule has 0 spiro atoms. The van der Waals surface area contributed by atoms with Crippen molar-refractivity contribution in [3.63, 3.8) is 0 Å². The number of benzene rings is 3. The number of aryl methyl sites for hydroxylation is 1. The molecule has 3 aromatic carbocycles. The SMILES string of the molecule is Cc1cccc(CN(CC(=O)Nc2cc(F)ccc2F)S(=O)(=O)c2ccc(Cl)cc2)c1. The molecule has 0 fully saturated rings. The number of amides is 1. The number of sulfonamides is 1. The highest BCUT2D eigenvalue weighted by atomic mass is 35.5. The fourth-order valence-electron chi connectivity index (χ4n) is 2.94. The monoisotopic (exact) mass is 464 g/mol. The maximum Gasteiger partial charge on any atom is 0.243 e. The summed E-state index contributed by atoms with van der Waals surface area (Å²) in [6.45, 7) is 1.17. The molecule has 0 aliphatic rings. The van der Waals surface area contributed by atoms with Crippen molar-refractivity contribution in [2.45, 2.75) is 18.4 Å². The van der Waals surface area contributed by atoms with Crippen molar-refractivity contribution in [3.05, 3.63) is 94.5 Å². The smallest absolute Gasteiger partial charge is 0.243 e. The molecule has 3 aromatic rings. The van der Waals surface area contributed by atoms with Crippen molar-refractivity contribution in [2.75, 3.05) is 11.9 Å². The quantitative estimate of drug-likeness (QED) is 0.548. The molecule has 5 nitrogen and oxygen atoms in total. The molecule has 0 aromatic heterocycles. The topological polar surface area (TPSA) is 66.5 Å². The van der Waals surface area contributed by atoms with Gasteiger partial charge in [-0.1, -0.05) is 41.4 Å². The number of nitrogens with one attached hydrogen (secondary N) is 1. The van der Waals surface area contributed by atoms with E-state index in [0.717, 1.165) is 28.1 Å². The van der Waals surface area contributed by atoms with E-state index in [9.17, 15) is 22.0 Å². The molecule has 0 saturated carbocycles. The second-order valence-corrected chi connectivity index (χ2v) is 9.26. The van der Waals surface area contributed by atoms with Gasteiger partial charge in [0, 0.05) is 17.6 Å². The van der Waals surface area contributed by atoms with E-state index < -0.39 is 34.1 Å². The third kappa shape index (κ3) is 5.88. The lowest BCUT2D eigenvalue weighted by Gasteiger charge is -2.22. The van der Waals surface area contributed by atoms with Gasteiger partial charge in [0.2, 0.25) is 15.9 Å². The molecule has 9 heteroatoms. The van der Waals surface area contributed by atoms with Gasteiger partial charge in [0.1, 0.15) is 11.6 Å². The molecule has 31 heavy (non-hydrogen) atoms. The fraction of sp³-hybridized carbons (Fsp3) is 0.136. The first kappa shape index (κ1) is 22.9. The van der Waals surface area contributed by atoms with E-state index in [2.05, 4.69) is 5.32 Å². The lowest BCUT2D eigenvalue weighted by atomic mass is 10.1. The van der Waals surface area contributed by atoms with Crippen LogP contribution < -0.4 is 5.32 Å². The summed E-state index contributed by atoms with van der Waals surface area (Å²) in [6, 6.07) is 15.3. The molecule has 0 aliphatic heterocycles. The zero-order valence-electron chi connectivity index (χ0n) is 16.5. The van der Waals surface area contributed by atoms with Crippen LogP contribution in [-0.2, 0) is 21.4 Å². The lowest BCUT2D eigenvalue weighted by molar-refractivity contribution is -0.116. The average molecular weight is 465 g/mol. The Kier molecular flexibility index (Phi) is 7.04. The molecule has 0 unspecified atom stereocenters. The van der Waals surface area contributed by atoms with Gasteiger partial charge in [-0.2, -0.15) is 4.31 Å². The van der Waals surface area contributed by atoms with Crippen LogP contribution in [0.5, 0.6) is 0 Å². The number of nitrogens with zero attached hydrogens (tertiary/aromatic N) is 1. The summed E-state index contributed by atoms with van der Waals surface area (Å²) in [6.07, 6.45) is 0. The normalized spacial score (nSPS) is 11.5. The van der Waals surface area contributed by atoms with Gasteiger partial charge in [0.15, 0.2) is 0 Å².